The summed E-state index contributed by atoms with van der Waals surface area (Å²) in [6, 6.07) is 24.8. The minimum absolute atomic E-state index is 0.143. The number of nitrogens with one attached hydrogen (secondary N) is 3. The maximum absolute atomic E-state index is 13.0. The van der Waals surface area contributed by atoms with Crippen LogP contribution in [-0.4, -0.2) is 18.4 Å². The second-order valence-corrected chi connectivity index (χ2v) is 7.08. The van der Waals surface area contributed by atoms with E-state index in [0.717, 1.165) is 17.7 Å². The highest BCUT2D eigenvalue weighted by molar-refractivity contribution is 6.37. The Morgan fingerprint density at radius 1 is 0.900 bits per heavy atom. The SMILES string of the molecule is CCCNC(=O)c1ccc2c(c1)C(=C(Nc1ccccc1)c1ccccc1)C(=O)N2. The fourth-order valence-corrected chi connectivity index (χ4v) is 3.45. The molecule has 5 heteroatoms. The van der Waals surface area contributed by atoms with Crippen molar-refractivity contribution < 1.29 is 9.59 Å². The maximum atomic E-state index is 13.0. The number of carbonyl (C=O) groups excluding carboxylic acids is 2. The van der Waals surface area contributed by atoms with Crippen LogP contribution < -0.4 is 16.0 Å². The fraction of sp³-hybridized carbons (Fsp3) is 0.120. The summed E-state index contributed by atoms with van der Waals surface area (Å²) in [5.41, 5.74) is 4.93. The number of anilines is 2. The smallest absolute Gasteiger partial charge is 0.258 e. The molecule has 150 valence electrons. The molecule has 0 aromatic heterocycles. The molecule has 0 saturated heterocycles. The summed E-state index contributed by atoms with van der Waals surface area (Å²) in [5.74, 6) is -0.339. The van der Waals surface area contributed by atoms with Crippen LogP contribution in [0.1, 0.15) is 34.8 Å². The van der Waals surface area contributed by atoms with E-state index in [0.29, 0.717) is 34.6 Å². The quantitative estimate of drug-likeness (QED) is 0.525. The Kier molecular flexibility index (Phi) is 5.61. The number of amides is 2. The van der Waals surface area contributed by atoms with Crippen LogP contribution in [0.4, 0.5) is 11.4 Å². The summed E-state index contributed by atoms with van der Waals surface area (Å²) in [6.45, 7) is 2.62. The Bertz CT molecular complexity index is 1110. The van der Waals surface area contributed by atoms with E-state index in [4.69, 9.17) is 0 Å². The number of benzene rings is 3. The van der Waals surface area contributed by atoms with Crippen molar-refractivity contribution in [1.29, 1.82) is 0 Å². The van der Waals surface area contributed by atoms with Crippen molar-refractivity contribution in [2.75, 3.05) is 17.2 Å². The number of carbonyl (C=O) groups is 2. The van der Waals surface area contributed by atoms with E-state index in [1.807, 2.05) is 67.6 Å². The van der Waals surface area contributed by atoms with E-state index < -0.39 is 0 Å². The zero-order chi connectivity index (χ0) is 20.9. The van der Waals surface area contributed by atoms with Gasteiger partial charge in [-0.2, -0.15) is 0 Å². The van der Waals surface area contributed by atoms with Crippen LogP contribution in [-0.2, 0) is 4.79 Å². The lowest BCUT2D eigenvalue weighted by Gasteiger charge is -2.15. The second-order valence-electron chi connectivity index (χ2n) is 7.08. The van der Waals surface area contributed by atoms with Gasteiger partial charge in [0.2, 0.25) is 0 Å². The molecule has 1 heterocycles. The van der Waals surface area contributed by atoms with Crippen LogP contribution in [0.5, 0.6) is 0 Å². The summed E-state index contributed by atoms with van der Waals surface area (Å²) in [5, 5.41) is 9.22. The third-order valence-corrected chi connectivity index (χ3v) is 4.92. The number of hydrogen-bond acceptors (Lipinski definition) is 3. The lowest BCUT2D eigenvalue weighted by molar-refractivity contribution is -0.110. The van der Waals surface area contributed by atoms with Crippen molar-refractivity contribution >= 4 is 34.5 Å². The molecule has 5 nitrogen and oxygen atoms in total. The molecule has 1 aliphatic rings. The van der Waals surface area contributed by atoms with Crippen molar-refractivity contribution in [1.82, 2.24) is 5.32 Å². The van der Waals surface area contributed by atoms with Crippen molar-refractivity contribution in [3.8, 4) is 0 Å². The molecule has 0 aliphatic carbocycles. The van der Waals surface area contributed by atoms with E-state index >= 15 is 0 Å². The molecule has 3 aromatic carbocycles. The topological polar surface area (TPSA) is 70.2 Å². The third-order valence-electron chi connectivity index (χ3n) is 4.92. The van der Waals surface area contributed by atoms with Crippen molar-refractivity contribution in [2.24, 2.45) is 0 Å². The van der Waals surface area contributed by atoms with Crippen LogP contribution in [0.2, 0.25) is 0 Å². The van der Waals surface area contributed by atoms with Crippen LogP contribution in [0.15, 0.2) is 78.9 Å². The molecule has 1 aliphatic heterocycles. The maximum Gasteiger partial charge on any atom is 0.258 e. The molecule has 0 atom stereocenters. The van der Waals surface area contributed by atoms with Gasteiger partial charge in [0.15, 0.2) is 0 Å². The minimum atomic E-state index is -0.196. The highest BCUT2D eigenvalue weighted by Crippen LogP contribution is 2.38. The molecule has 0 spiro atoms. The zero-order valence-electron chi connectivity index (χ0n) is 16.7. The lowest BCUT2D eigenvalue weighted by Crippen LogP contribution is -2.23. The largest absolute Gasteiger partial charge is 0.354 e. The number of para-hydroxylation sites is 1. The summed E-state index contributed by atoms with van der Waals surface area (Å²) >= 11 is 0. The monoisotopic (exact) mass is 397 g/mol. The summed E-state index contributed by atoms with van der Waals surface area (Å²) in [7, 11) is 0. The van der Waals surface area contributed by atoms with Crippen LogP contribution in [0.25, 0.3) is 11.3 Å². The number of fused-ring (bicyclic) bond motifs is 1. The molecular formula is C25H23N3O2. The second kappa shape index (κ2) is 8.66. The van der Waals surface area contributed by atoms with Gasteiger partial charge in [0, 0.05) is 29.0 Å². The van der Waals surface area contributed by atoms with Gasteiger partial charge < -0.3 is 16.0 Å². The van der Waals surface area contributed by atoms with Gasteiger partial charge in [0.05, 0.1) is 11.3 Å². The van der Waals surface area contributed by atoms with Crippen molar-refractivity contribution in [3.05, 3.63) is 95.6 Å². The van der Waals surface area contributed by atoms with E-state index in [1.165, 1.54) is 0 Å². The molecule has 0 bridgehead atoms. The Balaban J connectivity index is 1.84. The molecule has 0 unspecified atom stereocenters. The van der Waals surface area contributed by atoms with Gasteiger partial charge in [-0.15, -0.1) is 0 Å². The Labute approximate surface area is 175 Å². The first-order chi connectivity index (χ1) is 14.7. The Morgan fingerprint density at radius 3 is 2.30 bits per heavy atom. The highest BCUT2D eigenvalue weighted by atomic mass is 16.2. The van der Waals surface area contributed by atoms with Crippen molar-refractivity contribution in [2.45, 2.75) is 13.3 Å². The average Bonchev–Trinajstić information content (AvgIpc) is 3.12. The van der Waals surface area contributed by atoms with E-state index in [2.05, 4.69) is 16.0 Å². The summed E-state index contributed by atoms with van der Waals surface area (Å²) in [4.78, 5) is 25.5. The van der Waals surface area contributed by atoms with E-state index in [9.17, 15) is 9.59 Å². The molecule has 0 fully saturated rings. The van der Waals surface area contributed by atoms with Crippen LogP contribution in [0.3, 0.4) is 0 Å². The minimum Gasteiger partial charge on any atom is -0.354 e. The highest BCUT2D eigenvalue weighted by Gasteiger charge is 2.29. The summed E-state index contributed by atoms with van der Waals surface area (Å²) < 4.78 is 0. The average molecular weight is 397 g/mol. The normalized spacial score (nSPS) is 14.0. The first-order valence-corrected chi connectivity index (χ1v) is 10.0. The molecule has 4 rings (SSSR count). The number of rotatable bonds is 6. The molecular weight excluding hydrogens is 374 g/mol. The number of hydrogen-bond donors (Lipinski definition) is 3. The van der Waals surface area contributed by atoms with Crippen molar-refractivity contribution in [3.63, 3.8) is 0 Å². The third kappa shape index (κ3) is 3.96. The molecule has 3 aromatic rings. The Hall–Kier alpha value is -3.86. The fourth-order valence-electron chi connectivity index (χ4n) is 3.45. The van der Waals surface area contributed by atoms with Crippen LogP contribution in [0, 0.1) is 0 Å². The molecule has 30 heavy (non-hydrogen) atoms. The van der Waals surface area contributed by atoms with Gasteiger partial charge >= 0.3 is 0 Å². The molecule has 2 amide bonds. The van der Waals surface area contributed by atoms with Gasteiger partial charge in [-0.1, -0.05) is 55.5 Å². The van der Waals surface area contributed by atoms with Gasteiger partial charge in [-0.05, 0) is 42.3 Å². The van der Waals surface area contributed by atoms with Gasteiger partial charge in [-0.3, -0.25) is 9.59 Å². The predicted molar refractivity (Wildman–Crippen MR) is 121 cm³/mol. The first kappa shape index (κ1) is 19.5. The standard InChI is InChI=1S/C25H23N3O2/c1-2-15-26-24(29)18-13-14-21-20(16-18)22(25(30)28-21)23(17-9-5-3-6-10-17)27-19-11-7-4-8-12-19/h3-14,16,27H,2,15H2,1H3,(H,26,29)(H,28,30). The van der Waals surface area contributed by atoms with Gasteiger partial charge in [0.1, 0.15) is 0 Å². The summed E-state index contributed by atoms with van der Waals surface area (Å²) in [6.07, 6.45) is 0.862. The van der Waals surface area contributed by atoms with Gasteiger partial charge in [0.25, 0.3) is 11.8 Å². The van der Waals surface area contributed by atoms with E-state index in [1.54, 1.807) is 18.2 Å². The van der Waals surface area contributed by atoms with E-state index in [-0.39, 0.29) is 11.8 Å². The Morgan fingerprint density at radius 2 is 1.60 bits per heavy atom. The zero-order valence-corrected chi connectivity index (χ0v) is 16.7. The first-order valence-electron chi connectivity index (χ1n) is 10.0. The predicted octanol–water partition coefficient (Wildman–Crippen LogP) is 4.76. The molecule has 0 saturated carbocycles. The lowest BCUT2D eigenvalue weighted by atomic mass is 9.98. The van der Waals surface area contributed by atoms with Crippen LogP contribution >= 0.6 is 0 Å². The van der Waals surface area contributed by atoms with Gasteiger partial charge in [-0.25, -0.2) is 0 Å². The molecule has 0 radical (unpaired) electrons. The molecule has 3 N–H and O–H groups in total.